The van der Waals surface area contributed by atoms with E-state index in [4.69, 9.17) is 4.42 Å². The number of carbonyl (C=O) groups is 1. The molecular weight excluding hydrogens is 335 g/mol. The SMILES string of the molecule is COC(=O)c1coc(CN2CCNCC2c2cccc(F)c2)c1.Cl. The highest BCUT2D eigenvalue weighted by atomic mass is 35.5. The average molecular weight is 355 g/mol. The zero-order chi connectivity index (χ0) is 16.2. The van der Waals surface area contributed by atoms with Crippen LogP contribution in [0.3, 0.4) is 0 Å². The van der Waals surface area contributed by atoms with Crippen LogP contribution in [0, 0.1) is 5.82 Å². The monoisotopic (exact) mass is 354 g/mol. The summed E-state index contributed by atoms with van der Waals surface area (Å²) >= 11 is 0. The second-order valence-electron chi connectivity index (χ2n) is 5.54. The smallest absolute Gasteiger partial charge is 0.341 e. The number of furan rings is 1. The number of rotatable bonds is 4. The number of methoxy groups -OCH3 is 1. The molecular formula is C17H20ClFN2O3. The number of ether oxygens (including phenoxy) is 1. The molecule has 0 saturated carbocycles. The van der Waals surface area contributed by atoms with Crippen molar-refractivity contribution in [1.29, 1.82) is 0 Å². The van der Waals surface area contributed by atoms with E-state index in [9.17, 15) is 9.18 Å². The predicted molar refractivity (Wildman–Crippen MR) is 89.7 cm³/mol. The lowest BCUT2D eigenvalue weighted by Gasteiger charge is -2.36. The fraction of sp³-hybridized carbons (Fsp3) is 0.353. The van der Waals surface area contributed by atoms with Crippen molar-refractivity contribution in [2.24, 2.45) is 0 Å². The molecule has 1 fully saturated rings. The summed E-state index contributed by atoms with van der Waals surface area (Å²) in [6.45, 7) is 2.97. The van der Waals surface area contributed by atoms with E-state index in [1.165, 1.54) is 19.4 Å². The Bertz CT molecular complexity index is 692. The van der Waals surface area contributed by atoms with Crippen LogP contribution in [-0.2, 0) is 11.3 Å². The van der Waals surface area contributed by atoms with Crippen LogP contribution in [0.25, 0.3) is 0 Å². The van der Waals surface area contributed by atoms with Crippen molar-refractivity contribution < 1.29 is 18.3 Å². The lowest BCUT2D eigenvalue weighted by molar-refractivity contribution is 0.0600. The fourth-order valence-electron chi connectivity index (χ4n) is 2.87. The van der Waals surface area contributed by atoms with Gasteiger partial charge in [0.2, 0.25) is 0 Å². The minimum Gasteiger partial charge on any atom is -0.467 e. The zero-order valence-electron chi connectivity index (χ0n) is 13.3. The van der Waals surface area contributed by atoms with Crippen LogP contribution in [0.4, 0.5) is 4.39 Å². The van der Waals surface area contributed by atoms with Gasteiger partial charge >= 0.3 is 5.97 Å². The molecule has 0 aliphatic carbocycles. The molecule has 1 saturated heterocycles. The van der Waals surface area contributed by atoms with Gasteiger partial charge in [0.15, 0.2) is 0 Å². The first-order chi connectivity index (χ1) is 11.2. The van der Waals surface area contributed by atoms with E-state index in [0.29, 0.717) is 17.9 Å². The maximum absolute atomic E-state index is 13.5. The summed E-state index contributed by atoms with van der Waals surface area (Å²) in [5, 5.41) is 3.33. The van der Waals surface area contributed by atoms with Crippen LogP contribution in [0.2, 0.25) is 0 Å². The summed E-state index contributed by atoms with van der Waals surface area (Å²) in [5.41, 5.74) is 1.33. The van der Waals surface area contributed by atoms with Crippen LogP contribution in [0.15, 0.2) is 41.0 Å². The van der Waals surface area contributed by atoms with Gasteiger partial charge in [-0.1, -0.05) is 12.1 Å². The van der Waals surface area contributed by atoms with Gasteiger partial charge in [-0.25, -0.2) is 9.18 Å². The van der Waals surface area contributed by atoms with E-state index in [1.54, 1.807) is 18.2 Å². The van der Waals surface area contributed by atoms with E-state index in [2.05, 4.69) is 15.0 Å². The predicted octanol–water partition coefficient (Wildman–Crippen LogP) is 2.77. The summed E-state index contributed by atoms with van der Waals surface area (Å²) < 4.78 is 23.6. The van der Waals surface area contributed by atoms with Crippen LogP contribution in [0.1, 0.15) is 27.7 Å². The molecule has 1 atom stereocenters. The Morgan fingerprint density at radius 3 is 3.04 bits per heavy atom. The Morgan fingerprint density at radius 2 is 2.29 bits per heavy atom. The van der Waals surface area contributed by atoms with Crippen LogP contribution in [-0.4, -0.2) is 37.6 Å². The summed E-state index contributed by atoms with van der Waals surface area (Å²) in [7, 11) is 1.34. The summed E-state index contributed by atoms with van der Waals surface area (Å²) in [6, 6.07) is 8.41. The molecule has 7 heteroatoms. The maximum atomic E-state index is 13.5. The van der Waals surface area contributed by atoms with E-state index in [-0.39, 0.29) is 24.3 Å². The Morgan fingerprint density at radius 1 is 1.46 bits per heavy atom. The van der Waals surface area contributed by atoms with E-state index >= 15 is 0 Å². The van der Waals surface area contributed by atoms with Crippen molar-refractivity contribution in [3.63, 3.8) is 0 Å². The molecule has 0 radical (unpaired) electrons. The lowest BCUT2D eigenvalue weighted by Crippen LogP contribution is -2.45. The third-order valence-electron chi connectivity index (χ3n) is 4.02. The van der Waals surface area contributed by atoms with Crippen molar-refractivity contribution in [1.82, 2.24) is 10.2 Å². The normalized spacial score (nSPS) is 18.0. The Hall–Kier alpha value is -1.89. The Labute approximate surface area is 146 Å². The van der Waals surface area contributed by atoms with Crippen LogP contribution >= 0.6 is 12.4 Å². The maximum Gasteiger partial charge on any atom is 0.341 e. The van der Waals surface area contributed by atoms with E-state index in [0.717, 1.165) is 25.2 Å². The standard InChI is InChI=1S/C17H19FN2O3.ClH/c1-22-17(21)13-8-15(23-11-13)10-20-6-5-19-9-16(20)12-3-2-4-14(18)7-12;/h2-4,7-8,11,16,19H,5-6,9-10H2,1H3;1H. The number of halogens is 2. The highest BCUT2D eigenvalue weighted by Crippen LogP contribution is 2.25. The largest absolute Gasteiger partial charge is 0.467 e. The summed E-state index contributed by atoms with van der Waals surface area (Å²) in [5.74, 6) is 0.0368. The van der Waals surface area contributed by atoms with Gasteiger partial charge in [0.05, 0.1) is 19.2 Å². The molecule has 2 aromatic rings. The van der Waals surface area contributed by atoms with Crippen molar-refractivity contribution in [3.05, 3.63) is 59.3 Å². The van der Waals surface area contributed by atoms with Gasteiger partial charge < -0.3 is 14.5 Å². The van der Waals surface area contributed by atoms with E-state index < -0.39 is 5.97 Å². The van der Waals surface area contributed by atoms with Crippen molar-refractivity contribution in [3.8, 4) is 0 Å². The molecule has 0 amide bonds. The molecule has 3 rings (SSSR count). The van der Waals surface area contributed by atoms with Crippen molar-refractivity contribution >= 4 is 18.4 Å². The van der Waals surface area contributed by atoms with Crippen molar-refractivity contribution in [2.45, 2.75) is 12.6 Å². The minimum atomic E-state index is -0.415. The molecule has 5 nitrogen and oxygen atoms in total. The zero-order valence-corrected chi connectivity index (χ0v) is 14.1. The van der Waals surface area contributed by atoms with Crippen molar-refractivity contribution in [2.75, 3.05) is 26.7 Å². The van der Waals surface area contributed by atoms with Gasteiger partial charge in [0, 0.05) is 25.7 Å². The molecule has 0 spiro atoms. The topological polar surface area (TPSA) is 54.7 Å². The number of esters is 1. The molecule has 1 aromatic heterocycles. The minimum absolute atomic E-state index is 0. The lowest BCUT2D eigenvalue weighted by atomic mass is 10.0. The second kappa shape index (κ2) is 8.28. The fourth-order valence-corrected chi connectivity index (χ4v) is 2.87. The number of hydrogen-bond donors (Lipinski definition) is 1. The number of piperazine rings is 1. The third kappa shape index (κ3) is 4.14. The first-order valence-electron chi connectivity index (χ1n) is 7.53. The van der Waals surface area contributed by atoms with Gasteiger partial charge in [0.25, 0.3) is 0 Å². The highest BCUT2D eigenvalue weighted by Gasteiger charge is 2.25. The average Bonchev–Trinajstić information content (AvgIpc) is 3.03. The number of nitrogens with one attached hydrogen (secondary N) is 1. The number of nitrogens with zero attached hydrogens (tertiary/aromatic N) is 1. The highest BCUT2D eigenvalue weighted by molar-refractivity contribution is 5.88. The molecule has 130 valence electrons. The van der Waals surface area contributed by atoms with Crippen LogP contribution < -0.4 is 5.32 Å². The molecule has 2 heterocycles. The molecule has 24 heavy (non-hydrogen) atoms. The summed E-state index contributed by atoms with van der Waals surface area (Å²) in [6.07, 6.45) is 1.40. The van der Waals surface area contributed by atoms with Gasteiger partial charge in [-0.3, -0.25) is 4.90 Å². The number of hydrogen-bond acceptors (Lipinski definition) is 5. The third-order valence-corrected chi connectivity index (χ3v) is 4.02. The first-order valence-corrected chi connectivity index (χ1v) is 7.53. The molecule has 0 bridgehead atoms. The second-order valence-corrected chi connectivity index (χ2v) is 5.54. The Balaban J connectivity index is 0.00000208. The molecule has 1 aliphatic rings. The molecule has 1 aromatic carbocycles. The summed E-state index contributed by atoms with van der Waals surface area (Å²) in [4.78, 5) is 13.7. The number of benzene rings is 1. The quantitative estimate of drug-likeness (QED) is 0.856. The molecule has 1 unspecified atom stereocenters. The van der Waals surface area contributed by atoms with Gasteiger partial charge in [-0.05, 0) is 23.8 Å². The van der Waals surface area contributed by atoms with Crippen LogP contribution in [0.5, 0.6) is 0 Å². The van der Waals surface area contributed by atoms with Gasteiger partial charge in [0.1, 0.15) is 17.8 Å². The molecule has 1 N–H and O–H groups in total. The van der Waals surface area contributed by atoms with Gasteiger partial charge in [-0.15, -0.1) is 12.4 Å². The Kier molecular flexibility index (Phi) is 6.36. The molecule has 1 aliphatic heterocycles. The van der Waals surface area contributed by atoms with Gasteiger partial charge in [-0.2, -0.15) is 0 Å². The number of carbonyl (C=O) groups excluding carboxylic acids is 1. The van der Waals surface area contributed by atoms with E-state index in [1.807, 2.05) is 6.07 Å². The first kappa shape index (κ1) is 18.4.